The van der Waals surface area contributed by atoms with Crippen LogP contribution in [-0.4, -0.2) is 15.8 Å². The van der Waals surface area contributed by atoms with Gasteiger partial charge in [0.1, 0.15) is 5.82 Å². The molecule has 0 aliphatic heterocycles. The van der Waals surface area contributed by atoms with E-state index in [1.54, 1.807) is 6.20 Å². The van der Waals surface area contributed by atoms with E-state index in [0.29, 0.717) is 12.0 Å². The average Bonchev–Trinajstić information content (AvgIpc) is 2.16. The molecule has 1 heterocycles. The molecule has 0 amide bonds. The predicted octanol–water partition coefficient (Wildman–Crippen LogP) is 1.94. The van der Waals surface area contributed by atoms with Crippen LogP contribution < -0.4 is 0 Å². The number of hydrogen-bond donors (Lipinski definition) is 0. The SMILES string of the molecule is CCC(=O)c1cnc(C)nc1CC. The maximum Gasteiger partial charge on any atom is 0.165 e. The number of ketones is 1. The van der Waals surface area contributed by atoms with Gasteiger partial charge >= 0.3 is 0 Å². The van der Waals surface area contributed by atoms with E-state index in [-0.39, 0.29) is 5.78 Å². The Balaban J connectivity index is 3.13. The molecule has 3 nitrogen and oxygen atoms in total. The van der Waals surface area contributed by atoms with E-state index in [2.05, 4.69) is 9.97 Å². The second kappa shape index (κ2) is 4.12. The zero-order valence-electron chi connectivity index (χ0n) is 8.29. The Morgan fingerprint density at radius 1 is 1.46 bits per heavy atom. The minimum Gasteiger partial charge on any atom is -0.294 e. The second-order valence-electron chi connectivity index (χ2n) is 2.91. The van der Waals surface area contributed by atoms with E-state index in [1.807, 2.05) is 20.8 Å². The van der Waals surface area contributed by atoms with E-state index in [9.17, 15) is 4.79 Å². The Morgan fingerprint density at radius 2 is 2.15 bits per heavy atom. The molecule has 0 aliphatic rings. The summed E-state index contributed by atoms with van der Waals surface area (Å²) in [5.41, 5.74) is 1.54. The van der Waals surface area contributed by atoms with Gasteiger partial charge in [0.2, 0.25) is 0 Å². The highest BCUT2D eigenvalue weighted by Crippen LogP contribution is 2.08. The first-order valence-electron chi connectivity index (χ1n) is 4.54. The number of aryl methyl sites for hydroxylation is 2. The van der Waals surface area contributed by atoms with E-state index in [1.165, 1.54) is 0 Å². The van der Waals surface area contributed by atoms with Crippen molar-refractivity contribution in [2.75, 3.05) is 0 Å². The van der Waals surface area contributed by atoms with Gasteiger partial charge in [0, 0.05) is 12.6 Å². The van der Waals surface area contributed by atoms with Gasteiger partial charge in [0.05, 0.1) is 11.3 Å². The third-order valence-corrected chi connectivity index (χ3v) is 1.94. The second-order valence-corrected chi connectivity index (χ2v) is 2.91. The van der Waals surface area contributed by atoms with Crippen LogP contribution in [0.4, 0.5) is 0 Å². The molecule has 0 fully saturated rings. The standard InChI is InChI=1S/C10H14N2O/c1-4-9-8(10(13)5-2)6-11-7(3)12-9/h6H,4-5H2,1-3H3. The summed E-state index contributed by atoms with van der Waals surface area (Å²) < 4.78 is 0. The first-order valence-corrected chi connectivity index (χ1v) is 4.54. The number of aromatic nitrogens is 2. The van der Waals surface area contributed by atoms with Crippen molar-refractivity contribution in [1.29, 1.82) is 0 Å². The number of hydrogen-bond acceptors (Lipinski definition) is 3. The monoisotopic (exact) mass is 178 g/mol. The van der Waals surface area contributed by atoms with Crippen LogP contribution in [0, 0.1) is 6.92 Å². The fourth-order valence-electron chi connectivity index (χ4n) is 1.21. The topological polar surface area (TPSA) is 42.9 Å². The zero-order valence-corrected chi connectivity index (χ0v) is 8.29. The molecule has 13 heavy (non-hydrogen) atoms. The Bertz CT molecular complexity index is 321. The Labute approximate surface area is 78.2 Å². The molecule has 0 N–H and O–H groups in total. The molecule has 1 rings (SSSR count). The fraction of sp³-hybridized carbons (Fsp3) is 0.500. The molecule has 0 saturated heterocycles. The lowest BCUT2D eigenvalue weighted by Crippen LogP contribution is -2.06. The third-order valence-electron chi connectivity index (χ3n) is 1.94. The molecule has 1 aromatic heterocycles. The van der Waals surface area contributed by atoms with Gasteiger partial charge < -0.3 is 0 Å². The van der Waals surface area contributed by atoms with Gasteiger partial charge in [-0.15, -0.1) is 0 Å². The van der Waals surface area contributed by atoms with Crippen LogP contribution in [0.15, 0.2) is 6.20 Å². The number of carbonyl (C=O) groups excluding carboxylic acids is 1. The van der Waals surface area contributed by atoms with Gasteiger partial charge in [0.25, 0.3) is 0 Å². The molecular formula is C10H14N2O. The molecule has 0 aliphatic carbocycles. The van der Waals surface area contributed by atoms with Crippen LogP contribution in [0.5, 0.6) is 0 Å². The minimum atomic E-state index is 0.122. The van der Waals surface area contributed by atoms with Crippen molar-refractivity contribution < 1.29 is 4.79 Å². The lowest BCUT2D eigenvalue weighted by atomic mass is 10.1. The quantitative estimate of drug-likeness (QED) is 0.664. The Hall–Kier alpha value is -1.25. The van der Waals surface area contributed by atoms with Gasteiger partial charge in [-0.25, -0.2) is 9.97 Å². The van der Waals surface area contributed by atoms with Gasteiger partial charge in [-0.3, -0.25) is 4.79 Å². The van der Waals surface area contributed by atoms with Gasteiger partial charge in [0.15, 0.2) is 5.78 Å². The number of carbonyl (C=O) groups is 1. The Morgan fingerprint density at radius 3 is 2.69 bits per heavy atom. The van der Waals surface area contributed by atoms with Crippen LogP contribution in [0.3, 0.4) is 0 Å². The van der Waals surface area contributed by atoms with E-state index in [0.717, 1.165) is 17.9 Å². The van der Waals surface area contributed by atoms with Crippen molar-refractivity contribution in [2.45, 2.75) is 33.6 Å². The highest BCUT2D eigenvalue weighted by atomic mass is 16.1. The van der Waals surface area contributed by atoms with E-state index in [4.69, 9.17) is 0 Å². The molecular weight excluding hydrogens is 164 g/mol. The molecule has 70 valence electrons. The molecule has 0 spiro atoms. The fourth-order valence-corrected chi connectivity index (χ4v) is 1.21. The molecule has 0 radical (unpaired) electrons. The first kappa shape index (κ1) is 9.84. The summed E-state index contributed by atoms with van der Waals surface area (Å²) in [6.07, 6.45) is 2.93. The largest absolute Gasteiger partial charge is 0.294 e. The maximum absolute atomic E-state index is 11.4. The summed E-state index contributed by atoms with van der Waals surface area (Å²) in [4.78, 5) is 19.7. The molecule has 1 aromatic rings. The van der Waals surface area contributed by atoms with Gasteiger partial charge in [-0.1, -0.05) is 13.8 Å². The van der Waals surface area contributed by atoms with E-state index < -0.39 is 0 Å². The van der Waals surface area contributed by atoms with Crippen molar-refractivity contribution in [1.82, 2.24) is 9.97 Å². The third kappa shape index (κ3) is 2.11. The highest BCUT2D eigenvalue weighted by molar-refractivity contribution is 5.96. The lowest BCUT2D eigenvalue weighted by Gasteiger charge is -2.04. The van der Waals surface area contributed by atoms with Crippen molar-refractivity contribution in [3.63, 3.8) is 0 Å². The summed E-state index contributed by atoms with van der Waals surface area (Å²) in [6.45, 7) is 5.68. The van der Waals surface area contributed by atoms with Crippen LogP contribution in [0.1, 0.15) is 42.1 Å². The highest BCUT2D eigenvalue weighted by Gasteiger charge is 2.09. The number of nitrogens with zero attached hydrogens (tertiary/aromatic N) is 2. The van der Waals surface area contributed by atoms with Crippen molar-refractivity contribution in [2.24, 2.45) is 0 Å². The predicted molar refractivity (Wildman–Crippen MR) is 50.8 cm³/mol. The maximum atomic E-state index is 11.4. The summed E-state index contributed by atoms with van der Waals surface area (Å²) in [6, 6.07) is 0. The molecule has 3 heteroatoms. The lowest BCUT2D eigenvalue weighted by molar-refractivity contribution is 0.0986. The van der Waals surface area contributed by atoms with Crippen molar-refractivity contribution >= 4 is 5.78 Å². The molecule has 0 saturated carbocycles. The van der Waals surface area contributed by atoms with Crippen LogP contribution in [-0.2, 0) is 6.42 Å². The number of Topliss-reactive ketones (excluding diaryl/α,β-unsaturated/α-hetero) is 1. The van der Waals surface area contributed by atoms with Crippen LogP contribution in [0.25, 0.3) is 0 Å². The van der Waals surface area contributed by atoms with Gasteiger partial charge in [-0.05, 0) is 13.3 Å². The smallest absolute Gasteiger partial charge is 0.165 e. The molecule has 0 bridgehead atoms. The summed E-state index contributed by atoms with van der Waals surface area (Å²) in [5, 5.41) is 0. The Kier molecular flexibility index (Phi) is 3.12. The normalized spacial score (nSPS) is 10.1. The minimum absolute atomic E-state index is 0.122. The number of rotatable bonds is 3. The first-order chi connectivity index (χ1) is 6.19. The summed E-state index contributed by atoms with van der Waals surface area (Å²) in [5.74, 6) is 0.848. The molecule has 0 atom stereocenters. The van der Waals surface area contributed by atoms with E-state index >= 15 is 0 Å². The van der Waals surface area contributed by atoms with Crippen molar-refractivity contribution in [3.05, 3.63) is 23.3 Å². The van der Waals surface area contributed by atoms with Crippen LogP contribution >= 0.6 is 0 Å². The van der Waals surface area contributed by atoms with Crippen LogP contribution in [0.2, 0.25) is 0 Å². The van der Waals surface area contributed by atoms with Gasteiger partial charge in [-0.2, -0.15) is 0 Å². The molecule has 0 unspecified atom stereocenters. The summed E-state index contributed by atoms with van der Waals surface area (Å²) >= 11 is 0. The zero-order chi connectivity index (χ0) is 9.84. The molecule has 0 aromatic carbocycles. The van der Waals surface area contributed by atoms with Crippen molar-refractivity contribution in [3.8, 4) is 0 Å². The average molecular weight is 178 g/mol. The summed E-state index contributed by atoms with van der Waals surface area (Å²) in [7, 11) is 0.